The van der Waals surface area contributed by atoms with E-state index in [2.05, 4.69) is 6.92 Å². The summed E-state index contributed by atoms with van der Waals surface area (Å²) in [5.41, 5.74) is 0. The lowest BCUT2D eigenvalue weighted by atomic mass is 9.92. The molecule has 2 rings (SSSR count). The third-order valence-corrected chi connectivity index (χ3v) is 9.72. The van der Waals surface area contributed by atoms with Gasteiger partial charge in [0.25, 0.3) is 0 Å². The number of unbranched alkanes of at least 4 members (excludes halogenated alkanes) is 13. The summed E-state index contributed by atoms with van der Waals surface area (Å²) in [6.45, 7) is 4.13. The molecule has 218 valence electrons. The van der Waals surface area contributed by atoms with Gasteiger partial charge in [-0.15, -0.1) is 0 Å². The SMILES string of the molecule is CCCCCCCCCCOc1ccc(S(=O)(=O)N2CCC(CCCCCCCCCC(=O)O)CC2)cc1. The molecule has 6 nitrogen and oxygen atoms in total. The Morgan fingerprint density at radius 1 is 0.816 bits per heavy atom. The zero-order valence-electron chi connectivity index (χ0n) is 23.9. The van der Waals surface area contributed by atoms with Crippen molar-refractivity contribution < 1.29 is 23.1 Å². The fraction of sp³-hybridized carbons (Fsp3) is 0.774. The normalized spacial score (nSPS) is 15.1. The van der Waals surface area contributed by atoms with Crippen LogP contribution in [0.25, 0.3) is 0 Å². The molecule has 0 unspecified atom stereocenters. The average Bonchev–Trinajstić information content (AvgIpc) is 2.91. The maximum Gasteiger partial charge on any atom is 0.303 e. The molecule has 0 atom stereocenters. The lowest BCUT2D eigenvalue weighted by Gasteiger charge is -2.31. The molecular weight excluding hydrogens is 498 g/mol. The molecule has 0 aromatic heterocycles. The van der Waals surface area contributed by atoms with Gasteiger partial charge in [-0.1, -0.05) is 96.8 Å². The van der Waals surface area contributed by atoms with E-state index in [4.69, 9.17) is 9.84 Å². The minimum absolute atomic E-state index is 0.285. The average molecular weight is 552 g/mol. The number of nitrogens with zero attached hydrogens (tertiary/aromatic N) is 1. The van der Waals surface area contributed by atoms with Crippen molar-refractivity contribution in [2.45, 2.75) is 134 Å². The number of hydrogen-bond donors (Lipinski definition) is 1. The van der Waals surface area contributed by atoms with Gasteiger partial charge < -0.3 is 9.84 Å². The van der Waals surface area contributed by atoms with E-state index < -0.39 is 16.0 Å². The van der Waals surface area contributed by atoms with Gasteiger partial charge >= 0.3 is 5.97 Å². The van der Waals surface area contributed by atoms with Gasteiger partial charge in [0.05, 0.1) is 11.5 Å². The van der Waals surface area contributed by atoms with Gasteiger partial charge in [0.15, 0.2) is 0 Å². The molecule has 1 aromatic rings. The van der Waals surface area contributed by atoms with Crippen molar-refractivity contribution in [3.63, 3.8) is 0 Å². The van der Waals surface area contributed by atoms with Gasteiger partial charge in [0.2, 0.25) is 10.0 Å². The highest BCUT2D eigenvalue weighted by atomic mass is 32.2. The highest BCUT2D eigenvalue weighted by molar-refractivity contribution is 7.89. The van der Waals surface area contributed by atoms with E-state index in [-0.39, 0.29) is 6.42 Å². The molecule has 0 radical (unpaired) electrons. The molecule has 0 amide bonds. The number of carboxylic acid groups (broad SMARTS) is 1. The molecule has 1 saturated heterocycles. The number of ether oxygens (including phenoxy) is 1. The topological polar surface area (TPSA) is 83.9 Å². The summed E-state index contributed by atoms with van der Waals surface area (Å²) in [4.78, 5) is 10.9. The van der Waals surface area contributed by atoms with Crippen molar-refractivity contribution in [1.29, 1.82) is 0 Å². The molecule has 1 fully saturated rings. The zero-order chi connectivity index (χ0) is 27.5. The number of rotatable bonds is 22. The largest absolute Gasteiger partial charge is 0.494 e. The summed E-state index contributed by atoms with van der Waals surface area (Å²) in [6, 6.07) is 6.95. The van der Waals surface area contributed by atoms with E-state index in [1.54, 1.807) is 28.6 Å². The van der Waals surface area contributed by atoms with Gasteiger partial charge in [-0.05, 0) is 55.9 Å². The van der Waals surface area contributed by atoms with Crippen molar-refractivity contribution in [2.24, 2.45) is 5.92 Å². The number of benzene rings is 1. The van der Waals surface area contributed by atoms with Crippen LogP contribution < -0.4 is 4.74 Å². The van der Waals surface area contributed by atoms with Crippen LogP contribution in [0.3, 0.4) is 0 Å². The molecule has 0 aliphatic carbocycles. The van der Waals surface area contributed by atoms with Gasteiger partial charge in [-0.3, -0.25) is 4.79 Å². The molecule has 1 heterocycles. The second kappa shape index (κ2) is 19.5. The Kier molecular flexibility index (Phi) is 16.7. The lowest BCUT2D eigenvalue weighted by Crippen LogP contribution is -2.38. The predicted octanol–water partition coefficient (Wildman–Crippen LogP) is 8.20. The Hall–Kier alpha value is -1.60. The van der Waals surface area contributed by atoms with Crippen molar-refractivity contribution in [3.8, 4) is 5.75 Å². The van der Waals surface area contributed by atoms with E-state index in [0.717, 1.165) is 44.3 Å². The summed E-state index contributed by atoms with van der Waals surface area (Å²) in [5.74, 6) is 0.658. The van der Waals surface area contributed by atoms with E-state index in [1.807, 2.05) is 0 Å². The van der Waals surface area contributed by atoms with Gasteiger partial charge in [0, 0.05) is 19.5 Å². The summed E-state index contributed by atoms with van der Waals surface area (Å²) in [7, 11) is -3.45. The Balaban J connectivity index is 1.57. The molecule has 0 saturated carbocycles. The van der Waals surface area contributed by atoms with Crippen molar-refractivity contribution in [2.75, 3.05) is 19.7 Å². The van der Waals surface area contributed by atoms with Crippen LogP contribution >= 0.6 is 0 Å². The summed E-state index contributed by atoms with van der Waals surface area (Å²) in [6.07, 6.45) is 21.2. The van der Waals surface area contributed by atoms with Gasteiger partial charge in [-0.2, -0.15) is 4.31 Å². The number of piperidine rings is 1. The van der Waals surface area contributed by atoms with E-state index in [1.165, 1.54) is 77.0 Å². The fourth-order valence-corrected chi connectivity index (χ4v) is 6.78. The summed E-state index contributed by atoms with van der Waals surface area (Å²) < 4.78 is 33.7. The first-order valence-electron chi connectivity index (χ1n) is 15.4. The number of hydrogen-bond acceptors (Lipinski definition) is 4. The molecule has 0 bridgehead atoms. The van der Waals surface area contributed by atoms with Crippen LogP contribution in [0.1, 0.15) is 129 Å². The van der Waals surface area contributed by atoms with Crippen molar-refractivity contribution >= 4 is 16.0 Å². The number of carbonyl (C=O) groups is 1. The maximum atomic E-state index is 13.1. The molecule has 1 N–H and O–H groups in total. The van der Waals surface area contributed by atoms with Crippen LogP contribution in [-0.4, -0.2) is 43.5 Å². The molecule has 38 heavy (non-hydrogen) atoms. The third kappa shape index (κ3) is 13.5. The van der Waals surface area contributed by atoms with Gasteiger partial charge in [0.1, 0.15) is 5.75 Å². The van der Waals surface area contributed by atoms with E-state index >= 15 is 0 Å². The standard InChI is InChI=1S/C31H53NO5S/c1-2-3-4-5-6-10-13-16-27-37-29-19-21-30(22-20-29)38(35,36)32-25-23-28(24-26-32)17-14-11-8-7-9-12-15-18-31(33)34/h19-22,28H,2-18,23-27H2,1H3,(H,33,34). The summed E-state index contributed by atoms with van der Waals surface area (Å²) in [5, 5.41) is 8.66. The first-order valence-corrected chi connectivity index (χ1v) is 16.8. The Morgan fingerprint density at radius 3 is 1.92 bits per heavy atom. The Bertz CT molecular complexity index is 848. The van der Waals surface area contributed by atoms with Crippen molar-refractivity contribution in [3.05, 3.63) is 24.3 Å². The fourth-order valence-electron chi connectivity index (χ4n) is 5.31. The van der Waals surface area contributed by atoms with Crippen molar-refractivity contribution in [1.82, 2.24) is 4.31 Å². The van der Waals surface area contributed by atoms with E-state index in [9.17, 15) is 13.2 Å². The van der Waals surface area contributed by atoms with E-state index in [0.29, 0.717) is 30.5 Å². The number of sulfonamides is 1. The van der Waals surface area contributed by atoms with Crippen LogP contribution in [-0.2, 0) is 14.8 Å². The molecule has 1 aromatic carbocycles. The molecule has 7 heteroatoms. The second-order valence-electron chi connectivity index (χ2n) is 11.0. The molecule has 0 spiro atoms. The Morgan fingerprint density at radius 2 is 1.34 bits per heavy atom. The molecule has 1 aliphatic heterocycles. The lowest BCUT2D eigenvalue weighted by molar-refractivity contribution is -0.137. The quantitative estimate of drug-likeness (QED) is 0.147. The Labute approximate surface area is 232 Å². The van der Waals surface area contributed by atoms with Crippen LogP contribution in [0.15, 0.2) is 29.2 Å². The van der Waals surface area contributed by atoms with Crippen LogP contribution in [0, 0.1) is 5.92 Å². The second-order valence-corrected chi connectivity index (χ2v) is 13.0. The first-order chi connectivity index (χ1) is 18.4. The summed E-state index contributed by atoms with van der Waals surface area (Å²) >= 11 is 0. The smallest absolute Gasteiger partial charge is 0.303 e. The number of aliphatic carboxylic acids is 1. The highest BCUT2D eigenvalue weighted by Crippen LogP contribution is 2.28. The first kappa shape index (κ1) is 32.6. The highest BCUT2D eigenvalue weighted by Gasteiger charge is 2.29. The number of carboxylic acids is 1. The minimum Gasteiger partial charge on any atom is -0.494 e. The van der Waals surface area contributed by atoms with Gasteiger partial charge in [-0.25, -0.2) is 8.42 Å². The molecular formula is C31H53NO5S. The van der Waals surface area contributed by atoms with Crippen LogP contribution in [0.5, 0.6) is 5.75 Å². The zero-order valence-corrected chi connectivity index (χ0v) is 24.7. The minimum atomic E-state index is -3.45. The van der Waals surface area contributed by atoms with Crippen LogP contribution in [0.2, 0.25) is 0 Å². The molecule has 1 aliphatic rings. The maximum absolute atomic E-state index is 13.1. The van der Waals surface area contributed by atoms with Crippen LogP contribution in [0.4, 0.5) is 0 Å². The third-order valence-electron chi connectivity index (χ3n) is 7.80. The predicted molar refractivity (Wildman–Crippen MR) is 155 cm³/mol. The monoisotopic (exact) mass is 551 g/mol.